The van der Waals surface area contributed by atoms with Crippen molar-refractivity contribution in [3.8, 4) is 0 Å². The van der Waals surface area contributed by atoms with Gasteiger partial charge in [-0.15, -0.1) is 0 Å². The largest absolute Gasteiger partial charge is 0.364 e. The second-order valence-corrected chi connectivity index (χ2v) is 12.8. The molecule has 0 saturated carbocycles. The van der Waals surface area contributed by atoms with Crippen molar-refractivity contribution in [2.24, 2.45) is 0 Å². The SMILES string of the molecule is CN(C)CC(=O)NCC1(c2ccccc2)CCN(c2nc3c(c(N[C@H]4CCC(=O)N(C)C4)n2)S(=O)CC3)CC1. The van der Waals surface area contributed by atoms with E-state index < -0.39 is 10.8 Å². The van der Waals surface area contributed by atoms with Crippen LogP contribution in [0.15, 0.2) is 35.2 Å². The smallest absolute Gasteiger partial charge is 0.234 e. The molecule has 1 aromatic carbocycles. The van der Waals surface area contributed by atoms with E-state index in [-0.39, 0.29) is 23.3 Å². The van der Waals surface area contributed by atoms with Crippen LogP contribution in [-0.2, 0) is 32.2 Å². The Morgan fingerprint density at radius 2 is 1.90 bits per heavy atom. The fourth-order valence-electron chi connectivity index (χ4n) is 5.85. The molecular weight excluding hydrogens is 514 g/mol. The minimum Gasteiger partial charge on any atom is -0.364 e. The van der Waals surface area contributed by atoms with E-state index in [1.165, 1.54) is 5.56 Å². The molecule has 5 rings (SSSR count). The van der Waals surface area contributed by atoms with E-state index in [0.29, 0.717) is 50.0 Å². The maximum Gasteiger partial charge on any atom is 0.234 e. The van der Waals surface area contributed by atoms with E-state index >= 15 is 0 Å². The van der Waals surface area contributed by atoms with Gasteiger partial charge in [-0.3, -0.25) is 13.8 Å². The number of aryl methyl sites for hydroxylation is 1. The number of fused-ring (bicyclic) bond motifs is 1. The average Bonchev–Trinajstić information content (AvgIpc) is 3.31. The summed E-state index contributed by atoms with van der Waals surface area (Å²) in [5.41, 5.74) is 1.92. The van der Waals surface area contributed by atoms with Crippen molar-refractivity contribution >= 4 is 34.4 Å². The summed E-state index contributed by atoms with van der Waals surface area (Å²) in [5.74, 6) is 2.05. The van der Waals surface area contributed by atoms with Crippen molar-refractivity contribution in [2.45, 2.75) is 48.5 Å². The topological polar surface area (TPSA) is 111 Å². The summed E-state index contributed by atoms with van der Waals surface area (Å²) in [6.07, 6.45) is 3.60. The first-order valence-electron chi connectivity index (χ1n) is 13.8. The van der Waals surface area contributed by atoms with E-state index in [1.54, 1.807) is 4.90 Å². The van der Waals surface area contributed by atoms with Gasteiger partial charge in [0.05, 0.1) is 23.0 Å². The molecule has 0 bridgehead atoms. The molecule has 2 saturated heterocycles. The second-order valence-electron chi connectivity index (χ2n) is 11.2. The normalized spacial score (nSPS) is 22.6. The highest BCUT2D eigenvalue weighted by molar-refractivity contribution is 7.85. The molecule has 1 unspecified atom stereocenters. The molecule has 0 aliphatic carbocycles. The summed E-state index contributed by atoms with van der Waals surface area (Å²) in [6.45, 7) is 3.05. The maximum absolute atomic E-state index is 12.8. The molecule has 4 heterocycles. The van der Waals surface area contributed by atoms with Crippen LogP contribution in [0.4, 0.5) is 11.8 Å². The Morgan fingerprint density at radius 3 is 2.59 bits per heavy atom. The number of amides is 2. The number of likely N-dealkylation sites (tertiary alicyclic amines) is 1. The number of likely N-dealkylation sites (N-methyl/N-ethyl adjacent to an activating group) is 2. The Balaban J connectivity index is 1.35. The number of benzene rings is 1. The minimum absolute atomic E-state index is 0.0264. The molecule has 3 aliphatic rings. The van der Waals surface area contributed by atoms with Crippen LogP contribution in [0.3, 0.4) is 0 Å². The molecule has 0 spiro atoms. The van der Waals surface area contributed by atoms with Crippen molar-refractivity contribution in [1.29, 1.82) is 0 Å². The first-order valence-corrected chi connectivity index (χ1v) is 15.1. The number of piperidine rings is 2. The summed E-state index contributed by atoms with van der Waals surface area (Å²) in [7, 11) is 4.49. The lowest BCUT2D eigenvalue weighted by atomic mass is 9.72. The van der Waals surface area contributed by atoms with Crippen molar-refractivity contribution in [3.63, 3.8) is 0 Å². The maximum atomic E-state index is 12.8. The van der Waals surface area contributed by atoms with Gasteiger partial charge in [0.1, 0.15) is 10.7 Å². The molecule has 2 amide bonds. The molecule has 11 heteroatoms. The van der Waals surface area contributed by atoms with Crippen molar-refractivity contribution < 1.29 is 13.8 Å². The summed E-state index contributed by atoms with van der Waals surface area (Å²) in [6, 6.07) is 10.5. The Morgan fingerprint density at radius 1 is 1.15 bits per heavy atom. The zero-order valence-electron chi connectivity index (χ0n) is 23.1. The van der Waals surface area contributed by atoms with E-state index in [2.05, 4.69) is 39.8 Å². The van der Waals surface area contributed by atoms with E-state index in [9.17, 15) is 13.8 Å². The van der Waals surface area contributed by atoms with Gasteiger partial charge in [-0.25, -0.2) is 4.98 Å². The zero-order chi connectivity index (χ0) is 27.6. The second kappa shape index (κ2) is 11.6. The minimum atomic E-state index is -1.12. The van der Waals surface area contributed by atoms with Crippen LogP contribution >= 0.6 is 0 Å². The van der Waals surface area contributed by atoms with Crippen LogP contribution in [0.2, 0.25) is 0 Å². The predicted molar refractivity (Wildman–Crippen MR) is 152 cm³/mol. The lowest BCUT2D eigenvalue weighted by molar-refractivity contribution is -0.132. The van der Waals surface area contributed by atoms with E-state index in [0.717, 1.165) is 42.9 Å². The predicted octanol–water partition coefficient (Wildman–Crippen LogP) is 1.39. The number of hydrogen-bond acceptors (Lipinski definition) is 8. The summed E-state index contributed by atoms with van der Waals surface area (Å²) in [4.78, 5) is 40.8. The third-order valence-electron chi connectivity index (χ3n) is 8.12. The molecule has 39 heavy (non-hydrogen) atoms. The highest BCUT2D eigenvalue weighted by Crippen LogP contribution is 2.37. The number of hydrogen-bond donors (Lipinski definition) is 2. The van der Waals surface area contributed by atoms with Gasteiger partial charge in [-0.05, 0) is 38.9 Å². The number of anilines is 2. The molecule has 10 nitrogen and oxygen atoms in total. The summed E-state index contributed by atoms with van der Waals surface area (Å²) < 4.78 is 12.8. The Bertz CT molecular complexity index is 1230. The Hall–Kier alpha value is -3.05. The molecule has 2 aromatic rings. The van der Waals surface area contributed by atoms with Crippen LogP contribution in [0.5, 0.6) is 0 Å². The van der Waals surface area contributed by atoms with Gasteiger partial charge in [0, 0.05) is 63.3 Å². The highest BCUT2D eigenvalue weighted by atomic mass is 32.2. The zero-order valence-corrected chi connectivity index (χ0v) is 23.9. The van der Waals surface area contributed by atoms with Crippen molar-refractivity contribution in [3.05, 3.63) is 41.6 Å². The van der Waals surface area contributed by atoms with Crippen LogP contribution in [0.25, 0.3) is 0 Å². The number of nitrogens with one attached hydrogen (secondary N) is 2. The Kier molecular flexibility index (Phi) is 8.18. The number of carbonyl (C=O) groups excluding carboxylic acids is 2. The fourth-order valence-corrected chi connectivity index (χ4v) is 7.17. The highest BCUT2D eigenvalue weighted by Gasteiger charge is 2.38. The van der Waals surface area contributed by atoms with E-state index in [4.69, 9.17) is 9.97 Å². The third-order valence-corrected chi connectivity index (χ3v) is 9.58. The van der Waals surface area contributed by atoms with Crippen molar-refractivity contribution in [2.75, 3.05) is 69.8 Å². The van der Waals surface area contributed by atoms with Gasteiger partial charge in [0.2, 0.25) is 17.8 Å². The lowest BCUT2D eigenvalue weighted by Crippen LogP contribution is -2.50. The molecule has 1 aromatic heterocycles. The van der Waals surface area contributed by atoms with Crippen LogP contribution in [0, 0.1) is 0 Å². The van der Waals surface area contributed by atoms with Gasteiger partial charge in [-0.1, -0.05) is 30.3 Å². The van der Waals surface area contributed by atoms with Gasteiger partial charge in [0.25, 0.3) is 0 Å². The van der Waals surface area contributed by atoms with Gasteiger partial charge >= 0.3 is 0 Å². The lowest BCUT2D eigenvalue weighted by Gasteiger charge is -2.42. The van der Waals surface area contributed by atoms with Gasteiger partial charge in [-0.2, -0.15) is 4.98 Å². The van der Waals surface area contributed by atoms with Crippen molar-refractivity contribution in [1.82, 2.24) is 25.1 Å². The summed E-state index contributed by atoms with van der Waals surface area (Å²) in [5, 5.41) is 6.69. The van der Waals surface area contributed by atoms with E-state index in [1.807, 2.05) is 32.1 Å². The van der Waals surface area contributed by atoms with Crippen LogP contribution in [0.1, 0.15) is 36.9 Å². The number of nitrogens with zero attached hydrogens (tertiary/aromatic N) is 5. The van der Waals surface area contributed by atoms with Crippen LogP contribution in [-0.4, -0.2) is 101 Å². The standard InChI is InChI=1S/C28H39N7O3S/c1-33(2)18-23(36)29-19-28(20-7-5-4-6-8-20)12-14-35(15-13-28)27-31-22-11-16-39(38)25(22)26(32-27)30-21-9-10-24(37)34(3)17-21/h4-8,21H,9-19H2,1-3H3,(H,29,36)(H,30,31,32)/t21-,39?/m0/s1. The molecule has 0 radical (unpaired) electrons. The van der Waals surface area contributed by atoms with Crippen LogP contribution < -0.4 is 15.5 Å². The quantitative estimate of drug-likeness (QED) is 0.505. The molecule has 2 atom stereocenters. The number of carbonyl (C=O) groups is 2. The number of aromatic nitrogens is 2. The molecule has 2 N–H and O–H groups in total. The fraction of sp³-hybridized carbons (Fsp3) is 0.571. The molecule has 3 aliphatic heterocycles. The van der Waals surface area contributed by atoms with Gasteiger partial charge in [0.15, 0.2) is 0 Å². The molecular formula is C28H39N7O3S. The first kappa shape index (κ1) is 27.5. The first-order chi connectivity index (χ1) is 18.7. The summed E-state index contributed by atoms with van der Waals surface area (Å²) >= 11 is 0. The molecule has 2 fully saturated rings. The monoisotopic (exact) mass is 553 g/mol. The average molecular weight is 554 g/mol. The van der Waals surface area contributed by atoms with Gasteiger partial charge < -0.3 is 25.3 Å². The molecule has 210 valence electrons. The third kappa shape index (κ3) is 6.09. The Labute approximate surface area is 233 Å². The number of rotatable bonds is 8.